The molecule has 3 rings (SSSR count). The monoisotopic (exact) mass is 406 g/mol. The highest BCUT2D eigenvalue weighted by molar-refractivity contribution is 7.99. The molecule has 0 bridgehead atoms. The maximum absolute atomic E-state index is 10.8. The minimum Gasteiger partial charge on any atom is -0.313 e. The summed E-state index contributed by atoms with van der Waals surface area (Å²) < 4.78 is 1.72. The van der Waals surface area contributed by atoms with E-state index in [0.717, 1.165) is 35.1 Å². The van der Waals surface area contributed by atoms with Gasteiger partial charge in [-0.2, -0.15) is 4.68 Å². The SMILES string of the molecule is Cl.O=[N+]([O-])c1cccc(CNCCCSc2nnnn2-c2ccccc2)c1. The summed E-state index contributed by atoms with van der Waals surface area (Å²) in [5.74, 6) is 0.870. The van der Waals surface area contributed by atoms with Crippen LogP contribution in [0.1, 0.15) is 12.0 Å². The van der Waals surface area contributed by atoms with Crippen molar-refractivity contribution < 1.29 is 4.92 Å². The Morgan fingerprint density at radius 2 is 1.96 bits per heavy atom. The second-order valence-electron chi connectivity index (χ2n) is 5.51. The van der Waals surface area contributed by atoms with Gasteiger partial charge in [0.15, 0.2) is 0 Å². The molecule has 2 aromatic carbocycles. The molecule has 0 radical (unpaired) electrons. The van der Waals surface area contributed by atoms with Gasteiger partial charge in [0, 0.05) is 24.4 Å². The molecule has 0 amide bonds. The minimum atomic E-state index is -0.378. The Balaban J connectivity index is 0.00000261. The molecular weight excluding hydrogens is 388 g/mol. The molecule has 0 spiro atoms. The first kappa shape index (κ1) is 20.8. The number of rotatable bonds is 9. The molecule has 0 aliphatic carbocycles. The molecule has 0 saturated carbocycles. The van der Waals surface area contributed by atoms with Crippen molar-refractivity contribution in [1.29, 1.82) is 0 Å². The molecule has 0 aliphatic heterocycles. The molecule has 0 fully saturated rings. The first-order valence-corrected chi connectivity index (χ1v) is 9.13. The van der Waals surface area contributed by atoms with Crippen molar-refractivity contribution in [2.24, 2.45) is 0 Å². The molecule has 0 atom stereocenters. The molecule has 0 aliphatic rings. The number of thioether (sulfide) groups is 1. The van der Waals surface area contributed by atoms with Gasteiger partial charge >= 0.3 is 0 Å². The largest absolute Gasteiger partial charge is 0.313 e. The standard InChI is InChI=1S/C17H18N6O2S.ClH/c24-23(25)16-9-4-6-14(12-16)13-18-10-5-11-26-17-19-20-21-22(17)15-7-2-1-3-8-15;/h1-4,6-9,12,18H,5,10-11,13H2;1H. The lowest BCUT2D eigenvalue weighted by Crippen LogP contribution is -2.15. The van der Waals surface area contributed by atoms with Gasteiger partial charge in [-0.15, -0.1) is 17.5 Å². The van der Waals surface area contributed by atoms with Crippen molar-refractivity contribution in [3.8, 4) is 5.69 Å². The highest BCUT2D eigenvalue weighted by Gasteiger charge is 2.08. The highest BCUT2D eigenvalue weighted by Crippen LogP contribution is 2.18. The van der Waals surface area contributed by atoms with E-state index < -0.39 is 0 Å². The smallest absolute Gasteiger partial charge is 0.269 e. The predicted molar refractivity (Wildman–Crippen MR) is 107 cm³/mol. The van der Waals surface area contributed by atoms with E-state index in [2.05, 4.69) is 20.8 Å². The Morgan fingerprint density at radius 1 is 1.15 bits per heavy atom. The van der Waals surface area contributed by atoms with E-state index >= 15 is 0 Å². The van der Waals surface area contributed by atoms with E-state index in [9.17, 15) is 10.1 Å². The summed E-state index contributed by atoms with van der Waals surface area (Å²) in [6, 6.07) is 16.4. The van der Waals surface area contributed by atoms with Gasteiger partial charge in [0.05, 0.1) is 10.6 Å². The summed E-state index contributed by atoms with van der Waals surface area (Å²) in [5.41, 5.74) is 1.95. The molecule has 0 saturated heterocycles. The van der Waals surface area contributed by atoms with Crippen molar-refractivity contribution in [2.75, 3.05) is 12.3 Å². The van der Waals surface area contributed by atoms with Crippen LogP contribution in [0, 0.1) is 10.1 Å². The molecule has 0 unspecified atom stereocenters. The molecule has 8 nitrogen and oxygen atoms in total. The maximum Gasteiger partial charge on any atom is 0.269 e. The number of non-ortho nitro benzene ring substituents is 1. The Bertz CT molecular complexity index is 861. The number of aromatic nitrogens is 4. The molecule has 3 aromatic rings. The molecular formula is C17H19ClN6O2S. The van der Waals surface area contributed by atoms with Crippen LogP contribution in [0.2, 0.25) is 0 Å². The van der Waals surface area contributed by atoms with Crippen LogP contribution in [0.25, 0.3) is 5.69 Å². The lowest BCUT2D eigenvalue weighted by molar-refractivity contribution is -0.384. The van der Waals surface area contributed by atoms with E-state index in [4.69, 9.17) is 0 Å². The topological polar surface area (TPSA) is 98.8 Å². The first-order valence-electron chi connectivity index (χ1n) is 8.15. The van der Waals surface area contributed by atoms with Crippen LogP contribution in [0.4, 0.5) is 5.69 Å². The summed E-state index contributed by atoms with van der Waals surface area (Å²) in [6.45, 7) is 1.41. The number of nitro groups is 1. The third kappa shape index (κ3) is 6.02. The van der Waals surface area contributed by atoms with Gasteiger partial charge in [-0.05, 0) is 41.1 Å². The van der Waals surface area contributed by atoms with E-state index in [0.29, 0.717) is 6.54 Å². The summed E-state index contributed by atoms with van der Waals surface area (Å²) in [4.78, 5) is 10.4. The minimum absolute atomic E-state index is 0. The lowest BCUT2D eigenvalue weighted by atomic mass is 10.2. The number of hydrogen-bond acceptors (Lipinski definition) is 7. The number of benzene rings is 2. The van der Waals surface area contributed by atoms with Crippen LogP contribution in [0.5, 0.6) is 0 Å². The van der Waals surface area contributed by atoms with E-state index in [-0.39, 0.29) is 23.0 Å². The molecule has 1 heterocycles. The third-order valence-electron chi connectivity index (χ3n) is 3.62. The van der Waals surface area contributed by atoms with Gasteiger partial charge in [-0.3, -0.25) is 10.1 Å². The van der Waals surface area contributed by atoms with Gasteiger partial charge in [-0.1, -0.05) is 42.1 Å². The quantitative estimate of drug-likeness (QED) is 0.252. The number of para-hydroxylation sites is 1. The lowest BCUT2D eigenvalue weighted by Gasteiger charge is -2.06. The number of tetrazole rings is 1. The zero-order valence-corrected chi connectivity index (χ0v) is 16.0. The second kappa shape index (κ2) is 10.6. The number of nitrogens with zero attached hydrogens (tertiary/aromatic N) is 5. The molecule has 10 heteroatoms. The Kier molecular flexibility index (Phi) is 8.18. The van der Waals surface area contributed by atoms with E-state index in [1.165, 1.54) is 6.07 Å². The first-order chi connectivity index (χ1) is 12.7. The van der Waals surface area contributed by atoms with Crippen molar-refractivity contribution in [1.82, 2.24) is 25.5 Å². The predicted octanol–water partition coefficient (Wildman–Crippen LogP) is 3.26. The van der Waals surface area contributed by atoms with Crippen LogP contribution in [0.3, 0.4) is 0 Å². The van der Waals surface area contributed by atoms with E-state index in [1.807, 2.05) is 36.4 Å². The second-order valence-corrected chi connectivity index (χ2v) is 6.58. The Labute approximate surface area is 166 Å². The van der Waals surface area contributed by atoms with Gasteiger partial charge in [-0.25, -0.2) is 0 Å². The van der Waals surface area contributed by atoms with Crippen molar-refractivity contribution in [3.63, 3.8) is 0 Å². The van der Waals surface area contributed by atoms with E-state index in [1.54, 1.807) is 28.6 Å². The molecule has 142 valence electrons. The third-order valence-corrected chi connectivity index (χ3v) is 4.63. The summed E-state index contributed by atoms with van der Waals surface area (Å²) in [6.07, 6.45) is 0.932. The Hall–Kier alpha value is -2.49. The fourth-order valence-electron chi connectivity index (χ4n) is 2.37. The van der Waals surface area contributed by atoms with Crippen LogP contribution in [-0.2, 0) is 6.54 Å². The Morgan fingerprint density at radius 3 is 2.74 bits per heavy atom. The zero-order chi connectivity index (χ0) is 18.2. The molecule has 1 aromatic heterocycles. The van der Waals surface area contributed by atoms with Gasteiger partial charge in [0.1, 0.15) is 0 Å². The zero-order valence-electron chi connectivity index (χ0n) is 14.4. The van der Waals surface area contributed by atoms with Crippen molar-refractivity contribution in [2.45, 2.75) is 18.1 Å². The summed E-state index contributed by atoms with van der Waals surface area (Å²) >= 11 is 1.60. The average molecular weight is 407 g/mol. The fourth-order valence-corrected chi connectivity index (χ4v) is 3.20. The van der Waals surface area contributed by atoms with Crippen LogP contribution < -0.4 is 5.32 Å². The molecule has 1 N–H and O–H groups in total. The van der Waals surface area contributed by atoms with Gasteiger partial charge in [0.2, 0.25) is 5.16 Å². The van der Waals surface area contributed by atoms with Crippen LogP contribution in [0.15, 0.2) is 59.8 Å². The highest BCUT2D eigenvalue weighted by atomic mass is 35.5. The normalized spacial score (nSPS) is 10.4. The van der Waals surface area contributed by atoms with Crippen LogP contribution >= 0.6 is 24.2 Å². The summed E-state index contributed by atoms with van der Waals surface area (Å²) in [7, 11) is 0. The van der Waals surface area contributed by atoms with Crippen molar-refractivity contribution in [3.05, 3.63) is 70.3 Å². The number of nitro benzene ring substituents is 1. The molecule has 27 heavy (non-hydrogen) atoms. The van der Waals surface area contributed by atoms with Gasteiger partial charge < -0.3 is 5.32 Å². The fraction of sp³-hybridized carbons (Fsp3) is 0.235. The average Bonchev–Trinajstić information content (AvgIpc) is 3.14. The summed E-state index contributed by atoms with van der Waals surface area (Å²) in [5, 5.41) is 26.7. The maximum atomic E-state index is 10.8. The van der Waals surface area contributed by atoms with Crippen molar-refractivity contribution >= 4 is 29.9 Å². The number of halogens is 1. The number of nitrogens with one attached hydrogen (secondary N) is 1. The number of hydrogen-bond donors (Lipinski definition) is 1. The van der Waals surface area contributed by atoms with Crippen LogP contribution in [-0.4, -0.2) is 37.4 Å². The van der Waals surface area contributed by atoms with Gasteiger partial charge in [0.25, 0.3) is 5.69 Å².